The standard InChI is InChI=1S/C20H15N3O4/c1-23-14-8-4-3-7-12(14)18(25)16(20(23)27)17-13(19(26)22-21-17)10-11-6-2-5-9-15(11)24/h2-10,21,24H,1H3,(H,22,26)/b13-10-,17-16+. The molecule has 0 spiro atoms. The minimum Gasteiger partial charge on any atom is -0.507 e. The first-order valence-corrected chi connectivity index (χ1v) is 8.21. The van der Waals surface area contributed by atoms with E-state index in [-0.39, 0.29) is 21.9 Å². The molecule has 0 radical (unpaired) electrons. The predicted molar refractivity (Wildman–Crippen MR) is 99.9 cm³/mol. The molecule has 134 valence electrons. The number of nitrogens with one attached hydrogen (secondary N) is 2. The van der Waals surface area contributed by atoms with Crippen LogP contribution in [0.5, 0.6) is 5.75 Å². The smallest absolute Gasteiger partial charge is 0.271 e. The Balaban J connectivity index is 2.07. The van der Waals surface area contributed by atoms with Crippen molar-refractivity contribution in [1.29, 1.82) is 0 Å². The Hall–Kier alpha value is -3.87. The highest BCUT2D eigenvalue weighted by Gasteiger charge is 2.33. The highest BCUT2D eigenvalue weighted by molar-refractivity contribution is 6.51. The molecule has 27 heavy (non-hydrogen) atoms. The summed E-state index contributed by atoms with van der Waals surface area (Å²) < 4.78 is 0. The maximum absolute atomic E-state index is 13.0. The molecule has 0 saturated carbocycles. The number of hydrogen-bond acceptors (Lipinski definition) is 4. The van der Waals surface area contributed by atoms with Crippen LogP contribution in [0.1, 0.15) is 15.9 Å². The molecule has 1 amide bonds. The highest BCUT2D eigenvalue weighted by atomic mass is 16.3. The number of aromatic nitrogens is 2. The van der Waals surface area contributed by atoms with Crippen LogP contribution in [0.25, 0.3) is 11.6 Å². The molecule has 1 aromatic heterocycles. The Labute approximate surface area is 152 Å². The largest absolute Gasteiger partial charge is 0.507 e. The second-order valence-corrected chi connectivity index (χ2v) is 6.16. The fourth-order valence-electron chi connectivity index (χ4n) is 3.15. The van der Waals surface area contributed by atoms with Crippen LogP contribution in [0.3, 0.4) is 0 Å². The van der Waals surface area contributed by atoms with Gasteiger partial charge in [0, 0.05) is 18.2 Å². The molecule has 2 heterocycles. The van der Waals surface area contributed by atoms with E-state index >= 15 is 0 Å². The van der Waals surface area contributed by atoms with Gasteiger partial charge >= 0.3 is 0 Å². The SMILES string of the molecule is CN1C(=O)/C(=c2/[nH][nH]c(=O)/c2=C\c2ccccc2O)C(=O)c2ccccc21. The van der Waals surface area contributed by atoms with E-state index in [4.69, 9.17) is 0 Å². The number of benzene rings is 2. The molecule has 0 atom stereocenters. The van der Waals surface area contributed by atoms with E-state index in [1.807, 2.05) is 0 Å². The van der Waals surface area contributed by atoms with Crippen LogP contribution in [0.4, 0.5) is 5.69 Å². The van der Waals surface area contributed by atoms with Crippen molar-refractivity contribution in [3.05, 3.63) is 80.6 Å². The van der Waals surface area contributed by atoms with Crippen LogP contribution in [0, 0.1) is 0 Å². The summed E-state index contributed by atoms with van der Waals surface area (Å²) in [6, 6.07) is 13.3. The molecule has 2 aromatic carbocycles. The second kappa shape index (κ2) is 6.14. The molecule has 7 heteroatoms. The average Bonchev–Trinajstić information content (AvgIpc) is 3.02. The number of aromatic amines is 2. The maximum atomic E-state index is 13.0. The van der Waals surface area contributed by atoms with E-state index in [2.05, 4.69) is 10.2 Å². The number of fused-ring (bicyclic) bond motifs is 1. The Kier molecular flexibility index (Phi) is 3.77. The number of carbonyl (C=O) groups excluding carboxylic acids is 2. The summed E-state index contributed by atoms with van der Waals surface area (Å²) in [5, 5.41) is 15.2. The summed E-state index contributed by atoms with van der Waals surface area (Å²) in [7, 11) is 1.57. The Morgan fingerprint density at radius 2 is 1.67 bits per heavy atom. The number of H-pyrrole nitrogens is 2. The Morgan fingerprint density at radius 1 is 0.963 bits per heavy atom. The third kappa shape index (κ3) is 2.56. The zero-order valence-electron chi connectivity index (χ0n) is 14.3. The van der Waals surface area contributed by atoms with Crippen LogP contribution in [-0.4, -0.2) is 34.0 Å². The molecular weight excluding hydrogens is 346 g/mol. The first-order valence-electron chi connectivity index (χ1n) is 8.21. The number of phenolic OH excluding ortho intramolecular Hbond substituents is 1. The summed E-state index contributed by atoms with van der Waals surface area (Å²) >= 11 is 0. The van der Waals surface area contributed by atoms with Gasteiger partial charge in [-0.3, -0.25) is 24.6 Å². The number of phenols is 1. The molecule has 1 aliphatic heterocycles. The number of amides is 1. The van der Waals surface area contributed by atoms with Crippen molar-refractivity contribution in [2.24, 2.45) is 0 Å². The minimum absolute atomic E-state index is 0.0159. The number of Topliss-reactive ketones (excluding diaryl/α,β-unsaturated/α-hetero) is 1. The molecular formula is C20H15N3O4. The van der Waals surface area contributed by atoms with Crippen molar-refractivity contribution in [3.63, 3.8) is 0 Å². The highest BCUT2D eigenvalue weighted by Crippen LogP contribution is 2.28. The normalized spacial score (nSPS) is 16.6. The van der Waals surface area contributed by atoms with Gasteiger partial charge in [-0.05, 0) is 24.3 Å². The number of nitrogens with zero attached hydrogens (tertiary/aromatic N) is 1. The number of hydrogen-bond donors (Lipinski definition) is 3. The van der Waals surface area contributed by atoms with Crippen LogP contribution in [0.15, 0.2) is 53.3 Å². The first kappa shape index (κ1) is 16.6. The van der Waals surface area contributed by atoms with Gasteiger partial charge in [0.2, 0.25) is 5.78 Å². The molecule has 4 rings (SSSR count). The third-order valence-corrected chi connectivity index (χ3v) is 4.56. The van der Waals surface area contributed by atoms with Crippen molar-refractivity contribution in [2.75, 3.05) is 11.9 Å². The molecule has 0 fully saturated rings. The van der Waals surface area contributed by atoms with E-state index in [9.17, 15) is 19.5 Å². The number of carbonyl (C=O) groups is 2. The number of ketones is 1. The van der Waals surface area contributed by atoms with Crippen LogP contribution in [-0.2, 0) is 4.79 Å². The molecule has 0 aliphatic carbocycles. The molecule has 0 bridgehead atoms. The van der Waals surface area contributed by atoms with Gasteiger partial charge in [0.05, 0.1) is 16.3 Å². The summed E-state index contributed by atoms with van der Waals surface area (Å²) in [6.07, 6.45) is 1.44. The quantitative estimate of drug-likeness (QED) is 0.577. The Morgan fingerprint density at radius 3 is 2.44 bits per heavy atom. The van der Waals surface area contributed by atoms with Gasteiger partial charge in [0.15, 0.2) is 0 Å². The van der Waals surface area contributed by atoms with Crippen molar-refractivity contribution in [1.82, 2.24) is 10.2 Å². The fourth-order valence-corrected chi connectivity index (χ4v) is 3.15. The molecule has 0 unspecified atom stereocenters. The lowest BCUT2D eigenvalue weighted by Gasteiger charge is -2.25. The number of aromatic hydroxyl groups is 1. The van der Waals surface area contributed by atoms with Crippen LogP contribution >= 0.6 is 0 Å². The van der Waals surface area contributed by atoms with Gasteiger partial charge in [-0.25, -0.2) is 0 Å². The molecule has 3 aromatic rings. The summed E-state index contributed by atoms with van der Waals surface area (Å²) in [5.74, 6) is -0.991. The van der Waals surface area contributed by atoms with E-state index in [0.29, 0.717) is 16.8 Å². The fraction of sp³-hybridized carbons (Fsp3) is 0.0500. The third-order valence-electron chi connectivity index (χ3n) is 4.56. The lowest BCUT2D eigenvalue weighted by molar-refractivity contribution is -0.113. The summed E-state index contributed by atoms with van der Waals surface area (Å²) in [5.41, 5.74) is 0.665. The zero-order valence-corrected chi connectivity index (χ0v) is 14.3. The molecule has 0 saturated heterocycles. The number of anilines is 1. The van der Waals surface area contributed by atoms with Gasteiger partial charge in [0.25, 0.3) is 11.5 Å². The lowest BCUT2D eigenvalue weighted by Crippen LogP contribution is -2.44. The van der Waals surface area contributed by atoms with Gasteiger partial charge in [-0.2, -0.15) is 0 Å². The van der Waals surface area contributed by atoms with E-state index in [1.165, 1.54) is 17.0 Å². The number of rotatable bonds is 1. The van der Waals surface area contributed by atoms with Crippen LogP contribution in [0.2, 0.25) is 0 Å². The van der Waals surface area contributed by atoms with Gasteiger partial charge in [-0.15, -0.1) is 0 Å². The van der Waals surface area contributed by atoms with E-state index < -0.39 is 17.2 Å². The van der Waals surface area contributed by atoms with Crippen molar-refractivity contribution in [2.45, 2.75) is 0 Å². The monoisotopic (exact) mass is 361 g/mol. The minimum atomic E-state index is -0.513. The van der Waals surface area contributed by atoms with Crippen molar-refractivity contribution in [3.8, 4) is 5.75 Å². The van der Waals surface area contributed by atoms with E-state index in [1.54, 1.807) is 49.5 Å². The second-order valence-electron chi connectivity index (χ2n) is 6.16. The van der Waals surface area contributed by atoms with E-state index in [0.717, 1.165) is 0 Å². The van der Waals surface area contributed by atoms with Crippen molar-refractivity contribution >= 4 is 29.0 Å². The predicted octanol–water partition coefficient (Wildman–Crippen LogP) is 0.247. The average molecular weight is 361 g/mol. The molecule has 1 aliphatic rings. The number of para-hydroxylation sites is 2. The topological polar surface area (TPSA) is 106 Å². The summed E-state index contributed by atoms with van der Waals surface area (Å²) in [6.45, 7) is 0. The molecule has 7 nitrogen and oxygen atoms in total. The first-order chi connectivity index (χ1) is 13.0. The zero-order chi connectivity index (χ0) is 19.1. The lowest BCUT2D eigenvalue weighted by atomic mass is 9.95. The maximum Gasteiger partial charge on any atom is 0.271 e. The van der Waals surface area contributed by atoms with Crippen molar-refractivity contribution < 1.29 is 14.7 Å². The van der Waals surface area contributed by atoms with Crippen LogP contribution < -0.4 is 21.0 Å². The van der Waals surface area contributed by atoms with Gasteiger partial charge in [-0.1, -0.05) is 30.3 Å². The Bertz CT molecular complexity index is 1270. The summed E-state index contributed by atoms with van der Waals surface area (Å²) in [4.78, 5) is 39.5. The van der Waals surface area contributed by atoms with Gasteiger partial charge < -0.3 is 10.0 Å². The molecule has 3 N–H and O–H groups in total. The van der Waals surface area contributed by atoms with Gasteiger partial charge in [0.1, 0.15) is 11.3 Å².